The Hall–Kier alpha value is -4.13. The number of carboxylic acid groups (broad SMARTS) is 1. The van der Waals surface area contributed by atoms with Crippen molar-refractivity contribution in [2.75, 3.05) is 0 Å². The number of rotatable bonds is 6. The van der Waals surface area contributed by atoms with E-state index in [2.05, 4.69) is 0 Å². The van der Waals surface area contributed by atoms with Gasteiger partial charge in [0.1, 0.15) is 23.8 Å². The van der Waals surface area contributed by atoms with Crippen LogP contribution < -0.4 is 4.74 Å². The van der Waals surface area contributed by atoms with E-state index < -0.39 is 23.5 Å². The molecule has 0 saturated heterocycles. The van der Waals surface area contributed by atoms with Crippen LogP contribution in [0.5, 0.6) is 5.75 Å². The SMILES string of the molecule is Cc1cc(-c2ccc(OCc3cc4ccc(F)cc4n3C(=O)OC(C)(C)C)cc2)ccc1CC(=O)O. The van der Waals surface area contributed by atoms with Crippen molar-refractivity contribution in [3.63, 3.8) is 0 Å². The predicted octanol–water partition coefficient (Wildman–Crippen LogP) is 6.75. The smallest absolute Gasteiger partial charge is 0.419 e. The number of nitrogens with zero attached hydrogens (tertiary/aromatic N) is 1. The normalized spacial score (nSPS) is 11.5. The lowest BCUT2D eigenvalue weighted by Crippen LogP contribution is -2.28. The number of carbonyl (C=O) groups is 2. The number of hydrogen-bond donors (Lipinski definition) is 1. The van der Waals surface area contributed by atoms with Crippen LogP contribution in [0.15, 0.2) is 66.7 Å². The van der Waals surface area contributed by atoms with Gasteiger partial charge in [-0.1, -0.05) is 30.3 Å². The summed E-state index contributed by atoms with van der Waals surface area (Å²) in [7, 11) is 0. The lowest BCUT2D eigenvalue weighted by atomic mass is 9.98. The molecule has 1 heterocycles. The molecule has 0 fully saturated rings. The minimum absolute atomic E-state index is 0.00837. The maximum Gasteiger partial charge on any atom is 0.419 e. The van der Waals surface area contributed by atoms with E-state index in [1.807, 2.05) is 49.4 Å². The summed E-state index contributed by atoms with van der Waals surface area (Å²) in [5, 5.41) is 9.74. The number of ether oxygens (including phenoxy) is 2. The lowest BCUT2D eigenvalue weighted by Gasteiger charge is -2.21. The summed E-state index contributed by atoms with van der Waals surface area (Å²) in [4.78, 5) is 23.9. The average Bonchev–Trinajstić information content (AvgIpc) is 3.15. The van der Waals surface area contributed by atoms with Crippen LogP contribution in [0.4, 0.5) is 9.18 Å². The number of benzene rings is 3. The van der Waals surface area contributed by atoms with E-state index in [-0.39, 0.29) is 13.0 Å². The van der Waals surface area contributed by atoms with Crippen LogP contribution in [-0.2, 0) is 22.6 Å². The van der Waals surface area contributed by atoms with E-state index in [0.29, 0.717) is 22.3 Å². The van der Waals surface area contributed by atoms with Crippen LogP contribution in [0.1, 0.15) is 37.6 Å². The Bertz CT molecular complexity index is 1430. The minimum Gasteiger partial charge on any atom is -0.487 e. The molecule has 3 aromatic carbocycles. The Labute approximate surface area is 208 Å². The Morgan fingerprint density at radius 2 is 1.64 bits per heavy atom. The zero-order chi connectivity index (χ0) is 26.0. The predicted molar refractivity (Wildman–Crippen MR) is 136 cm³/mol. The molecule has 1 N–H and O–H groups in total. The van der Waals surface area contributed by atoms with Crippen LogP contribution in [0.3, 0.4) is 0 Å². The highest BCUT2D eigenvalue weighted by atomic mass is 19.1. The van der Waals surface area contributed by atoms with E-state index in [9.17, 15) is 14.0 Å². The highest BCUT2D eigenvalue weighted by molar-refractivity contribution is 5.91. The lowest BCUT2D eigenvalue weighted by molar-refractivity contribution is -0.136. The molecular formula is C29H28FNO5. The standard InChI is InChI=1S/C29H28FNO5/c1-18-13-21(6-5-20(18)15-27(32)33)19-8-11-25(12-9-19)35-17-24-14-22-7-10-23(30)16-26(22)31(24)28(34)36-29(2,3)4/h5-14,16H,15,17H2,1-4H3,(H,32,33). The van der Waals surface area contributed by atoms with Crippen LogP contribution in [-0.4, -0.2) is 27.3 Å². The molecule has 0 aliphatic heterocycles. The molecule has 0 aliphatic rings. The molecule has 0 bridgehead atoms. The molecule has 0 spiro atoms. The molecule has 0 atom stereocenters. The van der Waals surface area contributed by atoms with Gasteiger partial charge in [-0.3, -0.25) is 4.79 Å². The Morgan fingerprint density at radius 3 is 2.28 bits per heavy atom. The van der Waals surface area contributed by atoms with Gasteiger partial charge in [0.25, 0.3) is 0 Å². The maximum atomic E-state index is 13.9. The molecule has 4 rings (SSSR count). The molecule has 1 aromatic heterocycles. The fourth-order valence-electron chi connectivity index (χ4n) is 4.00. The molecule has 7 heteroatoms. The number of carboxylic acids is 1. The maximum absolute atomic E-state index is 13.9. The fraction of sp³-hybridized carbons (Fsp3) is 0.241. The van der Waals surface area contributed by atoms with Gasteiger partial charge >= 0.3 is 12.1 Å². The van der Waals surface area contributed by atoms with Crippen molar-refractivity contribution in [1.29, 1.82) is 0 Å². The summed E-state index contributed by atoms with van der Waals surface area (Å²) >= 11 is 0. The number of hydrogen-bond acceptors (Lipinski definition) is 4. The van der Waals surface area contributed by atoms with E-state index in [1.165, 1.54) is 16.7 Å². The molecule has 4 aromatic rings. The summed E-state index contributed by atoms with van der Waals surface area (Å²) < 4.78 is 26.8. The number of fused-ring (bicyclic) bond motifs is 1. The fourth-order valence-corrected chi connectivity index (χ4v) is 4.00. The first kappa shape index (κ1) is 25.0. The van der Waals surface area contributed by atoms with Gasteiger partial charge in [0.15, 0.2) is 0 Å². The van der Waals surface area contributed by atoms with Crippen molar-refractivity contribution in [2.24, 2.45) is 0 Å². The van der Waals surface area contributed by atoms with Crippen molar-refractivity contribution < 1.29 is 28.6 Å². The molecule has 6 nitrogen and oxygen atoms in total. The second-order valence-corrected chi connectivity index (χ2v) is 9.68. The van der Waals surface area contributed by atoms with Crippen LogP contribution >= 0.6 is 0 Å². The summed E-state index contributed by atoms with van der Waals surface area (Å²) in [6, 6.07) is 19.3. The third-order valence-electron chi connectivity index (χ3n) is 5.68. The van der Waals surface area contributed by atoms with Crippen molar-refractivity contribution in [2.45, 2.75) is 46.3 Å². The number of carbonyl (C=O) groups excluding carboxylic acids is 1. The first-order valence-electron chi connectivity index (χ1n) is 11.6. The van der Waals surface area contributed by atoms with Gasteiger partial charge in [0, 0.05) is 5.39 Å². The molecule has 186 valence electrons. The summed E-state index contributed by atoms with van der Waals surface area (Å²) in [5.74, 6) is -0.701. The van der Waals surface area contributed by atoms with Gasteiger partial charge in [-0.2, -0.15) is 0 Å². The Morgan fingerprint density at radius 1 is 0.944 bits per heavy atom. The zero-order valence-corrected chi connectivity index (χ0v) is 20.7. The van der Waals surface area contributed by atoms with Crippen molar-refractivity contribution >= 4 is 23.0 Å². The largest absolute Gasteiger partial charge is 0.487 e. The molecule has 0 saturated carbocycles. The van der Waals surface area contributed by atoms with Gasteiger partial charge in [0.05, 0.1) is 17.6 Å². The quantitative estimate of drug-likeness (QED) is 0.324. The molecule has 0 radical (unpaired) electrons. The minimum atomic E-state index is -0.858. The van der Waals surface area contributed by atoms with Crippen LogP contribution in [0, 0.1) is 12.7 Å². The van der Waals surface area contributed by atoms with Crippen molar-refractivity contribution in [1.82, 2.24) is 4.57 Å². The third-order valence-corrected chi connectivity index (χ3v) is 5.68. The van der Waals surface area contributed by atoms with Crippen molar-refractivity contribution in [3.8, 4) is 16.9 Å². The third kappa shape index (κ3) is 5.74. The number of aliphatic carboxylic acids is 1. The van der Waals surface area contributed by atoms with Crippen LogP contribution in [0.2, 0.25) is 0 Å². The summed E-state index contributed by atoms with van der Waals surface area (Å²) in [6.45, 7) is 7.30. The van der Waals surface area contributed by atoms with Gasteiger partial charge in [0.2, 0.25) is 0 Å². The topological polar surface area (TPSA) is 77.8 Å². The Kier molecular flexibility index (Phi) is 6.84. The van der Waals surface area contributed by atoms with E-state index in [0.717, 1.165) is 22.3 Å². The van der Waals surface area contributed by atoms with Gasteiger partial charge in [-0.05, 0) is 86.3 Å². The highest BCUT2D eigenvalue weighted by Crippen LogP contribution is 2.27. The average molecular weight is 490 g/mol. The number of halogens is 1. The van der Waals surface area contributed by atoms with E-state index in [1.54, 1.807) is 32.9 Å². The molecule has 36 heavy (non-hydrogen) atoms. The molecule has 0 aliphatic carbocycles. The number of aryl methyl sites for hydroxylation is 1. The second-order valence-electron chi connectivity index (χ2n) is 9.68. The summed E-state index contributed by atoms with van der Waals surface area (Å²) in [5.41, 5.74) is 3.89. The molecule has 0 unspecified atom stereocenters. The van der Waals surface area contributed by atoms with Gasteiger partial charge in [-0.15, -0.1) is 0 Å². The summed E-state index contributed by atoms with van der Waals surface area (Å²) in [6.07, 6.45) is -0.607. The zero-order valence-electron chi connectivity index (χ0n) is 20.7. The van der Waals surface area contributed by atoms with E-state index in [4.69, 9.17) is 14.6 Å². The molecular weight excluding hydrogens is 461 g/mol. The van der Waals surface area contributed by atoms with Gasteiger partial charge < -0.3 is 14.6 Å². The monoisotopic (exact) mass is 489 g/mol. The number of aromatic nitrogens is 1. The highest BCUT2D eigenvalue weighted by Gasteiger charge is 2.22. The molecule has 0 amide bonds. The van der Waals surface area contributed by atoms with Gasteiger partial charge in [-0.25, -0.2) is 13.8 Å². The Balaban J connectivity index is 1.54. The first-order chi connectivity index (χ1) is 17.0. The first-order valence-corrected chi connectivity index (χ1v) is 11.6. The van der Waals surface area contributed by atoms with Crippen molar-refractivity contribution in [3.05, 3.63) is 89.4 Å². The van der Waals surface area contributed by atoms with E-state index >= 15 is 0 Å². The van der Waals surface area contributed by atoms with Crippen LogP contribution in [0.25, 0.3) is 22.0 Å². The second kappa shape index (κ2) is 9.85.